The Labute approximate surface area is 153 Å². The summed E-state index contributed by atoms with van der Waals surface area (Å²) in [5.74, 6) is 5.83. The average molecular weight is 355 g/mol. The number of hydrazine groups is 1. The maximum Gasteiger partial charge on any atom is 0.237 e. The molecule has 4 atom stereocenters. The molecule has 4 N–H and O–H groups in total. The molecule has 6 nitrogen and oxygen atoms in total. The lowest BCUT2D eigenvalue weighted by Crippen LogP contribution is -2.49. The number of carbonyl (C=O) groups is 2. The largest absolute Gasteiger partial charge is 0.469 e. The summed E-state index contributed by atoms with van der Waals surface area (Å²) in [7, 11) is 0. The third-order valence-electron chi connectivity index (χ3n) is 5.31. The van der Waals surface area contributed by atoms with Crippen LogP contribution in [-0.2, 0) is 16.0 Å². The van der Waals surface area contributed by atoms with Gasteiger partial charge < -0.3 is 9.73 Å². The van der Waals surface area contributed by atoms with Crippen LogP contribution < -0.4 is 16.6 Å². The number of hydrogen-bond acceptors (Lipinski definition) is 4. The van der Waals surface area contributed by atoms with Crippen molar-refractivity contribution in [3.05, 3.63) is 60.1 Å². The molecule has 1 saturated carbocycles. The van der Waals surface area contributed by atoms with Gasteiger partial charge in [0, 0.05) is 17.9 Å². The van der Waals surface area contributed by atoms with E-state index in [0.29, 0.717) is 12.8 Å². The highest BCUT2D eigenvalue weighted by molar-refractivity contribution is 5.80. The SMILES string of the molecule is CC1C(C(=O)NN)CC(NC(=O)Cc2ccccc2)CC1c1ccco1. The van der Waals surface area contributed by atoms with Gasteiger partial charge in [0.05, 0.1) is 12.7 Å². The van der Waals surface area contributed by atoms with Gasteiger partial charge in [-0.3, -0.25) is 15.0 Å². The van der Waals surface area contributed by atoms with Crippen LogP contribution in [0.5, 0.6) is 0 Å². The quantitative estimate of drug-likeness (QED) is 0.435. The van der Waals surface area contributed by atoms with E-state index in [9.17, 15) is 9.59 Å². The molecule has 138 valence electrons. The molecule has 1 aromatic heterocycles. The van der Waals surface area contributed by atoms with Gasteiger partial charge in [-0.05, 0) is 36.5 Å². The molecule has 1 aliphatic rings. The van der Waals surface area contributed by atoms with Crippen molar-refractivity contribution in [3.8, 4) is 0 Å². The fourth-order valence-electron chi connectivity index (χ4n) is 3.93. The summed E-state index contributed by atoms with van der Waals surface area (Å²) in [4.78, 5) is 24.7. The second-order valence-corrected chi connectivity index (χ2v) is 6.99. The topological polar surface area (TPSA) is 97.4 Å². The summed E-state index contributed by atoms with van der Waals surface area (Å²) in [6, 6.07) is 13.3. The van der Waals surface area contributed by atoms with E-state index in [1.807, 2.05) is 49.4 Å². The second-order valence-electron chi connectivity index (χ2n) is 6.99. The first-order valence-corrected chi connectivity index (χ1v) is 8.95. The minimum Gasteiger partial charge on any atom is -0.469 e. The normalized spacial score (nSPS) is 25.5. The first-order chi connectivity index (χ1) is 12.6. The van der Waals surface area contributed by atoms with Gasteiger partial charge in [0.15, 0.2) is 0 Å². The number of rotatable bonds is 5. The third-order valence-corrected chi connectivity index (χ3v) is 5.31. The van der Waals surface area contributed by atoms with Gasteiger partial charge in [-0.1, -0.05) is 37.3 Å². The first-order valence-electron chi connectivity index (χ1n) is 8.95. The van der Waals surface area contributed by atoms with E-state index in [1.54, 1.807) is 6.26 Å². The van der Waals surface area contributed by atoms with E-state index >= 15 is 0 Å². The predicted octanol–water partition coefficient (Wildman–Crippen LogP) is 2.13. The molecule has 0 radical (unpaired) electrons. The highest BCUT2D eigenvalue weighted by Gasteiger charge is 2.40. The minimum atomic E-state index is -0.272. The van der Waals surface area contributed by atoms with Crippen molar-refractivity contribution in [1.29, 1.82) is 0 Å². The molecule has 3 rings (SSSR count). The molecule has 26 heavy (non-hydrogen) atoms. The summed E-state index contributed by atoms with van der Waals surface area (Å²) in [6.45, 7) is 2.04. The highest BCUT2D eigenvalue weighted by Crippen LogP contribution is 2.41. The fraction of sp³-hybridized carbons (Fsp3) is 0.400. The Kier molecular flexibility index (Phi) is 5.73. The van der Waals surface area contributed by atoms with Gasteiger partial charge in [0.2, 0.25) is 11.8 Å². The number of hydrogen-bond donors (Lipinski definition) is 3. The molecule has 2 aromatic rings. The van der Waals surface area contributed by atoms with Crippen LogP contribution in [-0.4, -0.2) is 17.9 Å². The number of furan rings is 1. The summed E-state index contributed by atoms with van der Waals surface area (Å²) in [5, 5.41) is 3.09. The van der Waals surface area contributed by atoms with Crippen molar-refractivity contribution in [2.75, 3.05) is 0 Å². The maximum absolute atomic E-state index is 12.4. The van der Waals surface area contributed by atoms with Crippen LogP contribution in [0, 0.1) is 11.8 Å². The lowest BCUT2D eigenvalue weighted by atomic mass is 9.69. The number of nitrogens with one attached hydrogen (secondary N) is 2. The molecular weight excluding hydrogens is 330 g/mol. The van der Waals surface area contributed by atoms with Crippen LogP contribution >= 0.6 is 0 Å². The van der Waals surface area contributed by atoms with Crippen molar-refractivity contribution in [1.82, 2.24) is 10.7 Å². The molecule has 4 unspecified atom stereocenters. The highest BCUT2D eigenvalue weighted by atomic mass is 16.3. The molecule has 6 heteroatoms. The Morgan fingerprint density at radius 3 is 2.58 bits per heavy atom. The van der Waals surface area contributed by atoms with Crippen molar-refractivity contribution in [2.45, 2.75) is 38.1 Å². The fourth-order valence-corrected chi connectivity index (χ4v) is 3.93. The summed E-state index contributed by atoms with van der Waals surface area (Å²) < 4.78 is 5.58. The molecule has 0 spiro atoms. The molecule has 1 fully saturated rings. The lowest BCUT2D eigenvalue weighted by molar-refractivity contribution is -0.129. The molecule has 1 heterocycles. The van der Waals surface area contributed by atoms with Crippen LogP contribution in [0.3, 0.4) is 0 Å². The first kappa shape index (κ1) is 18.2. The number of carbonyl (C=O) groups excluding carboxylic acids is 2. The zero-order valence-electron chi connectivity index (χ0n) is 14.9. The standard InChI is InChI=1S/C20H25N3O3/c1-13-16(18-8-5-9-26-18)11-15(12-17(13)20(25)23-21)22-19(24)10-14-6-3-2-4-7-14/h2-9,13,15-17H,10-12,21H2,1H3,(H,22,24)(H,23,25). The summed E-state index contributed by atoms with van der Waals surface area (Å²) in [5.41, 5.74) is 3.23. The van der Waals surface area contributed by atoms with E-state index in [1.165, 1.54) is 0 Å². The van der Waals surface area contributed by atoms with E-state index in [2.05, 4.69) is 10.7 Å². The van der Waals surface area contributed by atoms with E-state index in [-0.39, 0.29) is 35.6 Å². The third kappa shape index (κ3) is 4.14. The van der Waals surface area contributed by atoms with Gasteiger partial charge in [0.1, 0.15) is 5.76 Å². The molecule has 2 amide bonds. The van der Waals surface area contributed by atoms with Crippen molar-refractivity contribution < 1.29 is 14.0 Å². The Balaban J connectivity index is 1.71. The monoisotopic (exact) mass is 355 g/mol. The Morgan fingerprint density at radius 2 is 1.92 bits per heavy atom. The summed E-state index contributed by atoms with van der Waals surface area (Å²) in [6.07, 6.45) is 3.27. The number of amides is 2. The van der Waals surface area contributed by atoms with E-state index < -0.39 is 0 Å². The van der Waals surface area contributed by atoms with Crippen molar-refractivity contribution >= 4 is 11.8 Å². The smallest absolute Gasteiger partial charge is 0.237 e. The molecule has 0 bridgehead atoms. The predicted molar refractivity (Wildman–Crippen MR) is 97.7 cm³/mol. The van der Waals surface area contributed by atoms with E-state index in [0.717, 1.165) is 17.7 Å². The average Bonchev–Trinajstić information content (AvgIpc) is 3.17. The van der Waals surface area contributed by atoms with Crippen LogP contribution in [0.15, 0.2) is 53.1 Å². The molecular formula is C20H25N3O3. The zero-order chi connectivity index (χ0) is 18.5. The number of nitrogens with two attached hydrogens (primary N) is 1. The molecule has 0 saturated heterocycles. The van der Waals surface area contributed by atoms with Gasteiger partial charge in [-0.15, -0.1) is 0 Å². The Hall–Kier alpha value is -2.60. The van der Waals surface area contributed by atoms with Crippen LogP contribution in [0.25, 0.3) is 0 Å². The Bertz CT molecular complexity index is 730. The van der Waals surface area contributed by atoms with Gasteiger partial charge in [0.25, 0.3) is 0 Å². The maximum atomic E-state index is 12.4. The molecule has 1 aromatic carbocycles. The number of benzene rings is 1. The molecule has 1 aliphatic carbocycles. The van der Waals surface area contributed by atoms with Gasteiger partial charge in [-0.2, -0.15) is 0 Å². The van der Waals surface area contributed by atoms with Crippen LogP contribution in [0.1, 0.15) is 37.0 Å². The lowest BCUT2D eigenvalue weighted by Gasteiger charge is -2.38. The molecule has 0 aliphatic heterocycles. The van der Waals surface area contributed by atoms with Crippen molar-refractivity contribution in [3.63, 3.8) is 0 Å². The van der Waals surface area contributed by atoms with Crippen molar-refractivity contribution in [2.24, 2.45) is 17.7 Å². The summed E-state index contributed by atoms with van der Waals surface area (Å²) >= 11 is 0. The Morgan fingerprint density at radius 1 is 1.15 bits per heavy atom. The minimum absolute atomic E-state index is 0.0409. The van der Waals surface area contributed by atoms with Crippen LogP contribution in [0.4, 0.5) is 0 Å². The van der Waals surface area contributed by atoms with Gasteiger partial charge in [-0.25, -0.2) is 5.84 Å². The second kappa shape index (κ2) is 8.19. The van der Waals surface area contributed by atoms with E-state index in [4.69, 9.17) is 10.3 Å². The van der Waals surface area contributed by atoms with Gasteiger partial charge >= 0.3 is 0 Å². The zero-order valence-corrected chi connectivity index (χ0v) is 14.9. The van der Waals surface area contributed by atoms with Crippen LogP contribution in [0.2, 0.25) is 0 Å².